The van der Waals surface area contributed by atoms with E-state index < -0.39 is 0 Å². The molecule has 0 bridgehead atoms. The second-order valence-electron chi connectivity index (χ2n) is 6.08. The Balaban J connectivity index is 1.37. The zero-order valence-corrected chi connectivity index (χ0v) is 12.3. The van der Waals surface area contributed by atoms with Crippen LogP contribution in [0.4, 0.5) is 0 Å². The number of nitrogens with one attached hydrogen (secondary N) is 2. The summed E-state index contributed by atoms with van der Waals surface area (Å²) in [6, 6.07) is 0. The second-order valence-corrected chi connectivity index (χ2v) is 6.08. The highest BCUT2D eigenvalue weighted by atomic mass is 16.5. The summed E-state index contributed by atoms with van der Waals surface area (Å²) >= 11 is 0. The molecule has 5 heteroatoms. The van der Waals surface area contributed by atoms with Crippen LogP contribution in [0.25, 0.3) is 0 Å². The summed E-state index contributed by atoms with van der Waals surface area (Å²) in [5.74, 6) is 1.58. The highest BCUT2D eigenvalue weighted by Gasteiger charge is 2.38. The third-order valence-electron chi connectivity index (χ3n) is 3.94. The summed E-state index contributed by atoms with van der Waals surface area (Å²) in [6.07, 6.45) is 4.81. The lowest BCUT2D eigenvalue weighted by molar-refractivity contribution is -0.123. The molecule has 2 atom stereocenters. The second kappa shape index (κ2) is 7.62. The van der Waals surface area contributed by atoms with E-state index in [9.17, 15) is 9.59 Å². The first-order valence-corrected chi connectivity index (χ1v) is 7.79. The average Bonchev–Trinajstić information content (AvgIpc) is 3.30. The molecule has 5 nitrogen and oxygen atoms in total. The number of hydrogen-bond donors (Lipinski definition) is 2. The lowest BCUT2D eigenvalue weighted by Crippen LogP contribution is -2.32. The van der Waals surface area contributed by atoms with E-state index in [4.69, 9.17) is 4.74 Å². The van der Waals surface area contributed by atoms with E-state index in [0.29, 0.717) is 32.0 Å². The Kier molecular flexibility index (Phi) is 5.83. The van der Waals surface area contributed by atoms with Gasteiger partial charge in [0.2, 0.25) is 11.8 Å². The summed E-state index contributed by atoms with van der Waals surface area (Å²) in [7, 11) is 0. The maximum Gasteiger partial charge on any atom is 0.223 e. The molecule has 2 N–H and O–H groups in total. The molecule has 0 saturated heterocycles. The predicted molar refractivity (Wildman–Crippen MR) is 76.1 cm³/mol. The Hall–Kier alpha value is -1.10. The lowest BCUT2D eigenvalue weighted by atomic mass is 10.3. The van der Waals surface area contributed by atoms with Crippen LogP contribution in [0.1, 0.15) is 39.0 Å². The van der Waals surface area contributed by atoms with Gasteiger partial charge in [0.1, 0.15) is 0 Å². The van der Waals surface area contributed by atoms with Crippen LogP contribution in [0.2, 0.25) is 0 Å². The Morgan fingerprint density at radius 2 is 1.95 bits per heavy atom. The van der Waals surface area contributed by atoms with Crippen molar-refractivity contribution in [3.8, 4) is 0 Å². The number of amides is 2. The van der Waals surface area contributed by atoms with Crippen molar-refractivity contribution in [1.82, 2.24) is 10.6 Å². The van der Waals surface area contributed by atoms with E-state index in [2.05, 4.69) is 17.6 Å². The molecule has 114 valence electrons. The van der Waals surface area contributed by atoms with Crippen LogP contribution in [0.3, 0.4) is 0 Å². The van der Waals surface area contributed by atoms with Crippen LogP contribution in [-0.4, -0.2) is 38.1 Å². The van der Waals surface area contributed by atoms with E-state index in [1.54, 1.807) is 0 Å². The van der Waals surface area contributed by atoms with Crippen molar-refractivity contribution >= 4 is 11.8 Å². The van der Waals surface area contributed by atoms with Gasteiger partial charge in [0.25, 0.3) is 0 Å². The summed E-state index contributed by atoms with van der Waals surface area (Å²) in [5, 5.41) is 5.66. The van der Waals surface area contributed by atoms with Gasteiger partial charge in [-0.15, -0.1) is 0 Å². The Morgan fingerprint density at radius 3 is 2.60 bits per heavy atom. The molecule has 0 unspecified atom stereocenters. The Labute approximate surface area is 120 Å². The van der Waals surface area contributed by atoms with E-state index in [-0.39, 0.29) is 17.7 Å². The van der Waals surface area contributed by atoms with Crippen molar-refractivity contribution in [2.45, 2.75) is 39.0 Å². The van der Waals surface area contributed by atoms with E-state index in [1.165, 1.54) is 12.8 Å². The van der Waals surface area contributed by atoms with Gasteiger partial charge in [-0.25, -0.2) is 0 Å². The first-order valence-electron chi connectivity index (χ1n) is 7.79. The van der Waals surface area contributed by atoms with Crippen LogP contribution < -0.4 is 10.6 Å². The van der Waals surface area contributed by atoms with E-state index in [1.807, 2.05) is 0 Å². The monoisotopic (exact) mass is 282 g/mol. The van der Waals surface area contributed by atoms with Crippen molar-refractivity contribution < 1.29 is 14.3 Å². The molecule has 0 spiro atoms. The molecule has 2 rings (SSSR count). The van der Waals surface area contributed by atoms with Crippen molar-refractivity contribution in [2.75, 3.05) is 26.3 Å². The smallest absolute Gasteiger partial charge is 0.223 e. The van der Waals surface area contributed by atoms with E-state index in [0.717, 1.165) is 25.4 Å². The highest BCUT2D eigenvalue weighted by Crippen LogP contribution is 2.37. The molecule has 0 aliphatic heterocycles. The summed E-state index contributed by atoms with van der Waals surface area (Å²) in [4.78, 5) is 23.1. The molecule has 0 aromatic carbocycles. The number of rotatable bonds is 10. The van der Waals surface area contributed by atoms with Crippen LogP contribution in [0, 0.1) is 17.8 Å². The topological polar surface area (TPSA) is 67.4 Å². The molecule has 2 fully saturated rings. The molecular weight excluding hydrogens is 256 g/mol. The number of ether oxygens (including phenoxy) is 1. The molecule has 20 heavy (non-hydrogen) atoms. The van der Waals surface area contributed by atoms with Crippen molar-refractivity contribution in [3.05, 3.63) is 0 Å². The third-order valence-corrected chi connectivity index (χ3v) is 3.94. The van der Waals surface area contributed by atoms with Gasteiger partial charge in [0, 0.05) is 38.6 Å². The molecule has 2 aliphatic carbocycles. The number of carbonyl (C=O) groups is 2. The number of hydrogen-bond acceptors (Lipinski definition) is 3. The maximum atomic E-state index is 11.5. The minimum Gasteiger partial charge on any atom is -0.381 e. The SMILES string of the molecule is C[C@@H]1C[C@@H]1C(=O)NCCC(=O)NCCCOCC1CC1. The van der Waals surface area contributed by atoms with Crippen molar-refractivity contribution in [1.29, 1.82) is 0 Å². The standard InChI is InChI=1S/C15H26N2O3/c1-11-9-13(11)15(19)17-7-5-14(18)16-6-2-8-20-10-12-3-4-12/h11-13H,2-10H2,1H3,(H,16,18)(H,17,19)/t11-,13+/m1/s1. The fourth-order valence-corrected chi connectivity index (χ4v) is 2.14. The van der Waals surface area contributed by atoms with Crippen LogP contribution in [0.15, 0.2) is 0 Å². The van der Waals surface area contributed by atoms with Gasteiger partial charge in [0.05, 0.1) is 0 Å². The Morgan fingerprint density at radius 1 is 1.20 bits per heavy atom. The molecule has 0 aromatic heterocycles. The van der Waals surface area contributed by atoms with Crippen LogP contribution >= 0.6 is 0 Å². The maximum absolute atomic E-state index is 11.5. The largest absolute Gasteiger partial charge is 0.381 e. The lowest BCUT2D eigenvalue weighted by Gasteiger charge is -2.07. The first kappa shape index (κ1) is 15.3. The minimum atomic E-state index is -0.00339. The van der Waals surface area contributed by atoms with Crippen molar-refractivity contribution in [3.63, 3.8) is 0 Å². The Bertz CT molecular complexity index is 342. The average molecular weight is 282 g/mol. The molecule has 2 aliphatic rings. The molecule has 2 saturated carbocycles. The van der Waals surface area contributed by atoms with Gasteiger partial charge in [-0.1, -0.05) is 6.92 Å². The fraction of sp³-hybridized carbons (Fsp3) is 0.867. The first-order chi connectivity index (χ1) is 9.66. The zero-order valence-electron chi connectivity index (χ0n) is 12.3. The van der Waals surface area contributed by atoms with E-state index >= 15 is 0 Å². The van der Waals surface area contributed by atoms with Gasteiger partial charge in [0.15, 0.2) is 0 Å². The van der Waals surface area contributed by atoms with Gasteiger partial charge < -0.3 is 15.4 Å². The predicted octanol–water partition coefficient (Wildman–Crippen LogP) is 1.08. The molecule has 0 heterocycles. The highest BCUT2D eigenvalue weighted by molar-refractivity contribution is 5.82. The van der Waals surface area contributed by atoms with Gasteiger partial charge in [-0.3, -0.25) is 9.59 Å². The minimum absolute atomic E-state index is 0.00339. The molecule has 2 amide bonds. The summed E-state index contributed by atoms with van der Waals surface area (Å²) < 4.78 is 5.49. The third kappa shape index (κ3) is 5.90. The van der Waals surface area contributed by atoms with Crippen LogP contribution in [0.5, 0.6) is 0 Å². The molecule has 0 radical (unpaired) electrons. The van der Waals surface area contributed by atoms with Gasteiger partial charge in [-0.05, 0) is 37.5 Å². The molecular formula is C15H26N2O3. The van der Waals surface area contributed by atoms with Gasteiger partial charge in [-0.2, -0.15) is 0 Å². The number of carbonyl (C=O) groups excluding carboxylic acids is 2. The molecule has 0 aromatic rings. The summed E-state index contributed by atoms with van der Waals surface area (Å²) in [6.45, 7) is 4.75. The fourth-order valence-electron chi connectivity index (χ4n) is 2.14. The summed E-state index contributed by atoms with van der Waals surface area (Å²) in [5.41, 5.74) is 0. The van der Waals surface area contributed by atoms with Crippen LogP contribution in [-0.2, 0) is 14.3 Å². The van der Waals surface area contributed by atoms with Crippen molar-refractivity contribution in [2.24, 2.45) is 17.8 Å². The normalized spacial score (nSPS) is 24.2. The zero-order chi connectivity index (χ0) is 14.4. The van der Waals surface area contributed by atoms with Gasteiger partial charge >= 0.3 is 0 Å². The quantitative estimate of drug-likeness (QED) is 0.589.